The molecule has 7 heteroatoms. The van der Waals surface area contributed by atoms with Crippen molar-refractivity contribution in [3.63, 3.8) is 0 Å². The standard InChI is InChI=1S/C13H18BrN3O3/c1-15-13(19)16-12(18)8-17(2)7-9-6-10(14)4-5-11(9)20-3/h4-6H,7-8H2,1-3H3,(H2,15,16,18,19)/p+1. The molecule has 3 N–H and O–H groups in total. The number of hydrogen-bond acceptors (Lipinski definition) is 3. The first-order valence-corrected chi connectivity index (χ1v) is 6.90. The summed E-state index contributed by atoms with van der Waals surface area (Å²) < 4.78 is 6.24. The lowest BCUT2D eigenvalue weighted by atomic mass is 10.2. The predicted octanol–water partition coefficient (Wildman–Crippen LogP) is -0.0720. The number of urea groups is 1. The topological polar surface area (TPSA) is 71.9 Å². The molecule has 0 saturated heterocycles. The largest absolute Gasteiger partial charge is 0.496 e. The number of nitrogens with one attached hydrogen (secondary N) is 3. The second-order valence-corrected chi connectivity index (χ2v) is 5.31. The van der Waals surface area contributed by atoms with Crippen LogP contribution in [0.5, 0.6) is 5.75 Å². The van der Waals surface area contributed by atoms with E-state index in [-0.39, 0.29) is 12.5 Å². The lowest BCUT2D eigenvalue weighted by Gasteiger charge is -2.15. The fourth-order valence-electron chi connectivity index (χ4n) is 1.78. The summed E-state index contributed by atoms with van der Waals surface area (Å²) in [7, 11) is 4.95. The van der Waals surface area contributed by atoms with Gasteiger partial charge in [-0.15, -0.1) is 0 Å². The van der Waals surface area contributed by atoms with Gasteiger partial charge in [0.25, 0.3) is 5.91 Å². The van der Waals surface area contributed by atoms with Gasteiger partial charge in [0.15, 0.2) is 6.54 Å². The van der Waals surface area contributed by atoms with Crippen molar-refractivity contribution in [2.24, 2.45) is 0 Å². The number of likely N-dealkylation sites (N-methyl/N-ethyl adjacent to an activating group) is 1. The summed E-state index contributed by atoms with van der Waals surface area (Å²) >= 11 is 3.41. The van der Waals surface area contributed by atoms with Gasteiger partial charge in [0.1, 0.15) is 12.3 Å². The van der Waals surface area contributed by atoms with E-state index in [4.69, 9.17) is 4.74 Å². The predicted molar refractivity (Wildman–Crippen MR) is 78.8 cm³/mol. The van der Waals surface area contributed by atoms with Gasteiger partial charge in [-0.3, -0.25) is 10.1 Å². The van der Waals surface area contributed by atoms with E-state index in [0.717, 1.165) is 20.7 Å². The molecule has 0 aromatic heterocycles. The molecule has 0 spiro atoms. The molecule has 0 aliphatic carbocycles. The Kier molecular flexibility index (Phi) is 6.47. The Balaban J connectivity index is 2.62. The number of amides is 3. The fourth-order valence-corrected chi connectivity index (χ4v) is 2.19. The lowest BCUT2D eigenvalue weighted by Crippen LogP contribution is -3.09. The second-order valence-electron chi connectivity index (χ2n) is 4.39. The van der Waals surface area contributed by atoms with Crippen molar-refractivity contribution >= 4 is 27.9 Å². The van der Waals surface area contributed by atoms with Gasteiger partial charge in [-0.05, 0) is 18.2 Å². The van der Waals surface area contributed by atoms with E-state index in [0.29, 0.717) is 6.54 Å². The number of ether oxygens (including phenoxy) is 1. The summed E-state index contributed by atoms with van der Waals surface area (Å²) in [6, 6.07) is 5.23. The van der Waals surface area contributed by atoms with Gasteiger partial charge < -0.3 is 15.0 Å². The first kappa shape index (κ1) is 16.5. The van der Waals surface area contributed by atoms with Gasteiger partial charge in [-0.25, -0.2) is 4.79 Å². The quantitative estimate of drug-likeness (QED) is 0.700. The van der Waals surface area contributed by atoms with Crippen molar-refractivity contribution in [2.45, 2.75) is 6.54 Å². The highest BCUT2D eigenvalue weighted by Gasteiger charge is 2.15. The maximum absolute atomic E-state index is 11.6. The van der Waals surface area contributed by atoms with Crippen LogP contribution in [0.1, 0.15) is 5.56 Å². The molecule has 0 radical (unpaired) electrons. The van der Waals surface area contributed by atoms with Crippen LogP contribution in [0.3, 0.4) is 0 Å². The van der Waals surface area contributed by atoms with Crippen LogP contribution in [-0.4, -0.2) is 39.7 Å². The number of rotatable bonds is 5. The van der Waals surface area contributed by atoms with E-state index < -0.39 is 6.03 Å². The molecule has 1 unspecified atom stereocenters. The zero-order valence-electron chi connectivity index (χ0n) is 11.7. The van der Waals surface area contributed by atoms with Crippen molar-refractivity contribution < 1.29 is 19.2 Å². The number of methoxy groups -OCH3 is 1. The minimum atomic E-state index is -0.497. The molecule has 0 bridgehead atoms. The summed E-state index contributed by atoms with van der Waals surface area (Å²) in [5.41, 5.74) is 0.993. The molecule has 110 valence electrons. The Morgan fingerprint density at radius 1 is 1.40 bits per heavy atom. The fraction of sp³-hybridized carbons (Fsp3) is 0.385. The first-order valence-electron chi connectivity index (χ1n) is 6.11. The molecule has 0 fully saturated rings. The number of benzene rings is 1. The average molecular weight is 345 g/mol. The molecule has 0 heterocycles. The Labute approximate surface area is 126 Å². The normalized spacial score (nSPS) is 11.6. The van der Waals surface area contributed by atoms with E-state index in [1.807, 2.05) is 25.2 Å². The average Bonchev–Trinajstić information content (AvgIpc) is 2.38. The SMILES string of the molecule is CNC(=O)NC(=O)C[NH+](C)Cc1cc(Br)ccc1OC. The molecular formula is C13H19BrN3O3+. The Morgan fingerprint density at radius 3 is 2.70 bits per heavy atom. The summed E-state index contributed by atoms with van der Waals surface area (Å²) in [6.45, 7) is 0.812. The summed E-state index contributed by atoms with van der Waals surface area (Å²) in [6.07, 6.45) is 0. The zero-order valence-corrected chi connectivity index (χ0v) is 13.3. The molecule has 3 amide bonds. The summed E-state index contributed by atoms with van der Waals surface area (Å²) in [5.74, 6) is 0.454. The second kappa shape index (κ2) is 7.86. The van der Waals surface area contributed by atoms with Gasteiger partial charge in [0.05, 0.1) is 14.2 Å². The van der Waals surface area contributed by atoms with Crippen molar-refractivity contribution in [1.82, 2.24) is 10.6 Å². The molecule has 0 aliphatic rings. The number of imide groups is 1. The van der Waals surface area contributed by atoms with Crippen LogP contribution in [0.4, 0.5) is 4.79 Å². The number of carbonyl (C=O) groups is 2. The smallest absolute Gasteiger partial charge is 0.321 e. The zero-order chi connectivity index (χ0) is 15.1. The molecule has 0 saturated carbocycles. The third-order valence-corrected chi connectivity index (χ3v) is 3.17. The Hall–Kier alpha value is -1.60. The lowest BCUT2D eigenvalue weighted by molar-refractivity contribution is -0.885. The number of carbonyl (C=O) groups excluding carboxylic acids is 2. The highest BCUT2D eigenvalue weighted by Crippen LogP contribution is 2.21. The maximum atomic E-state index is 11.6. The van der Waals surface area contributed by atoms with Crippen molar-refractivity contribution in [2.75, 3.05) is 27.7 Å². The number of hydrogen-bond donors (Lipinski definition) is 3. The highest BCUT2D eigenvalue weighted by atomic mass is 79.9. The van der Waals surface area contributed by atoms with Gasteiger partial charge in [0.2, 0.25) is 0 Å². The first-order chi connectivity index (χ1) is 9.46. The molecule has 1 atom stereocenters. The molecular weight excluding hydrogens is 326 g/mol. The van der Waals surface area contributed by atoms with Crippen molar-refractivity contribution in [3.8, 4) is 5.75 Å². The van der Waals surface area contributed by atoms with E-state index in [9.17, 15) is 9.59 Å². The molecule has 0 aliphatic heterocycles. The Bertz CT molecular complexity index is 494. The van der Waals surface area contributed by atoms with Gasteiger partial charge >= 0.3 is 6.03 Å². The number of quaternary nitrogens is 1. The minimum absolute atomic E-state index is 0.198. The van der Waals surface area contributed by atoms with Crippen LogP contribution in [0.15, 0.2) is 22.7 Å². The van der Waals surface area contributed by atoms with Crippen LogP contribution in [0.25, 0.3) is 0 Å². The minimum Gasteiger partial charge on any atom is -0.496 e. The van der Waals surface area contributed by atoms with Crippen LogP contribution >= 0.6 is 15.9 Å². The molecule has 1 aromatic carbocycles. The molecule has 20 heavy (non-hydrogen) atoms. The van der Waals surface area contributed by atoms with Crippen LogP contribution in [0, 0.1) is 0 Å². The third-order valence-electron chi connectivity index (χ3n) is 2.68. The van der Waals surface area contributed by atoms with Crippen LogP contribution in [0.2, 0.25) is 0 Å². The van der Waals surface area contributed by atoms with Gasteiger partial charge in [0, 0.05) is 17.1 Å². The van der Waals surface area contributed by atoms with Crippen molar-refractivity contribution in [3.05, 3.63) is 28.2 Å². The third kappa shape index (κ3) is 5.18. The van der Waals surface area contributed by atoms with Gasteiger partial charge in [-0.2, -0.15) is 0 Å². The Morgan fingerprint density at radius 2 is 2.10 bits per heavy atom. The van der Waals surface area contributed by atoms with E-state index in [1.54, 1.807) is 7.11 Å². The van der Waals surface area contributed by atoms with E-state index in [1.165, 1.54) is 7.05 Å². The monoisotopic (exact) mass is 344 g/mol. The molecule has 1 aromatic rings. The van der Waals surface area contributed by atoms with E-state index >= 15 is 0 Å². The van der Waals surface area contributed by atoms with Crippen LogP contribution in [-0.2, 0) is 11.3 Å². The molecule has 6 nitrogen and oxygen atoms in total. The molecule has 1 rings (SSSR count). The van der Waals surface area contributed by atoms with Crippen molar-refractivity contribution in [1.29, 1.82) is 0 Å². The highest BCUT2D eigenvalue weighted by molar-refractivity contribution is 9.10. The van der Waals surface area contributed by atoms with Crippen LogP contribution < -0.4 is 20.3 Å². The van der Waals surface area contributed by atoms with E-state index in [2.05, 4.69) is 26.6 Å². The summed E-state index contributed by atoms with van der Waals surface area (Å²) in [4.78, 5) is 23.6. The van der Waals surface area contributed by atoms with Gasteiger partial charge in [-0.1, -0.05) is 15.9 Å². The number of halogens is 1. The summed E-state index contributed by atoms with van der Waals surface area (Å²) in [5, 5.41) is 4.57. The maximum Gasteiger partial charge on any atom is 0.321 e.